The van der Waals surface area contributed by atoms with Crippen LogP contribution in [0.1, 0.15) is 18.4 Å². The van der Waals surface area contributed by atoms with Gasteiger partial charge in [-0.05, 0) is 30.5 Å². The summed E-state index contributed by atoms with van der Waals surface area (Å²) in [5.74, 6) is -0.221. The van der Waals surface area contributed by atoms with E-state index in [1.165, 1.54) is 12.1 Å². The Kier molecular flexibility index (Phi) is 4.62. The molecule has 0 bridgehead atoms. The molecule has 0 aliphatic carbocycles. The summed E-state index contributed by atoms with van der Waals surface area (Å²) in [5, 5.41) is 7.79. The second-order valence-corrected chi connectivity index (χ2v) is 6.70. The molecule has 7 nitrogen and oxygen atoms in total. The maximum absolute atomic E-state index is 12.1. The van der Waals surface area contributed by atoms with Crippen LogP contribution in [0.15, 0.2) is 29.2 Å². The van der Waals surface area contributed by atoms with Gasteiger partial charge in [0.2, 0.25) is 15.9 Å². The van der Waals surface area contributed by atoms with Gasteiger partial charge >= 0.3 is 0 Å². The number of nitrogens with one attached hydrogen (secondary N) is 1. The first kappa shape index (κ1) is 15.9. The maximum Gasteiger partial charge on any atom is 0.240 e. The van der Waals surface area contributed by atoms with E-state index in [1.807, 2.05) is 0 Å². The molecular formula is C13H19N3O4S. The van der Waals surface area contributed by atoms with Gasteiger partial charge in [0.05, 0.1) is 10.4 Å². The molecule has 1 amide bonds. The molecule has 116 valence electrons. The number of carbonyl (C=O) groups excluding carboxylic acids is 1. The number of carbonyl (C=O) groups is 1. The van der Waals surface area contributed by atoms with Crippen LogP contribution in [0, 0.1) is 0 Å². The average Bonchev–Trinajstić information content (AvgIpc) is 2.45. The van der Waals surface area contributed by atoms with Crippen molar-refractivity contribution in [1.82, 2.24) is 5.32 Å². The minimum atomic E-state index is -3.70. The molecular weight excluding hydrogens is 294 g/mol. The fourth-order valence-electron chi connectivity index (χ4n) is 2.12. The number of nitrogens with two attached hydrogens (primary N) is 2. The summed E-state index contributed by atoms with van der Waals surface area (Å²) in [4.78, 5) is 12.2. The van der Waals surface area contributed by atoms with E-state index >= 15 is 0 Å². The summed E-state index contributed by atoms with van der Waals surface area (Å²) < 4.78 is 27.5. The number of hydrogen-bond donors (Lipinski definition) is 3. The van der Waals surface area contributed by atoms with Crippen molar-refractivity contribution in [3.8, 4) is 0 Å². The molecule has 0 aromatic heterocycles. The minimum Gasteiger partial charge on any atom is -0.381 e. The Labute approximate surface area is 123 Å². The fraction of sp³-hybridized carbons (Fsp3) is 0.462. The lowest BCUT2D eigenvalue weighted by atomic mass is 9.90. The Hall–Kier alpha value is -1.48. The van der Waals surface area contributed by atoms with Crippen molar-refractivity contribution in [2.75, 3.05) is 13.2 Å². The predicted octanol–water partition coefficient (Wildman–Crippen LogP) is -0.542. The van der Waals surface area contributed by atoms with E-state index in [1.54, 1.807) is 12.1 Å². The maximum atomic E-state index is 12.1. The molecule has 1 aliphatic rings. The van der Waals surface area contributed by atoms with Crippen molar-refractivity contribution >= 4 is 15.9 Å². The highest BCUT2D eigenvalue weighted by Gasteiger charge is 2.35. The minimum absolute atomic E-state index is 0.0392. The Morgan fingerprint density at radius 2 is 1.81 bits per heavy atom. The van der Waals surface area contributed by atoms with Crippen LogP contribution in [0.2, 0.25) is 0 Å². The molecule has 1 fully saturated rings. The van der Waals surface area contributed by atoms with E-state index in [-0.39, 0.29) is 17.3 Å². The molecule has 0 spiro atoms. The largest absolute Gasteiger partial charge is 0.381 e. The smallest absolute Gasteiger partial charge is 0.240 e. The number of benzene rings is 1. The summed E-state index contributed by atoms with van der Waals surface area (Å²) >= 11 is 0. The lowest BCUT2D eigenvalue weighted by Gasteiger charge is -2.31. The quantitative estimate of drug-likeness (QED) is 0.688. The topological polar surface area (TPSA) is 125 Å². The van der Waals surface area contributed by atoms with Gasteiger partial charge in [-0.25, -0.2) is 13.6 Å². The standard InChI is InChI=1S/C13H19N3O4S/c14-13(5-7-20-8-6-13)12(17)16-9-10-1-3-11(4-2-10)21(15,18)19/h1-4H,5-9,14H2,(H,16,17)(H2,15,18,19). The highest BCUT2D eigenvalue weighted by atomic mass is 32.2. The molecule has 1 aliphatic heterocycles. The van der Waals surface area contributed by atoms with E-state index < -0.39 is 15.6 Å². The molecule has 0 unspecified atom stereocenters. The zero-order chi connectivity index (χ0) is 15.5. The highest BCUT2D eigenvalue weighted by Crippen LogP contribution is 2.18. The van der Waals surface area contributed by atoms with E-state index in [9.17, 15) is 13.2 Å². The van der Waals surface area contributed by atoms with Crippen molar-refractivity contribution in [2.45, 2.75) is 29.8 Å². The lowest BCUT2D eigenvalue weighted by Crippen LogP contribution is -2.56. The first-order valence-electron chi connectivity index (χ1n) is 6.58. The first-order chi connectivity index (χ1) is 9.81. The highest BCUT2D eigenvalue weighted by molar-refractivity contribution is 7.89. The molecule has 5 N–H and O–H groups in total. The van der Waals surface area contributed by atoms with Crippen LogP contribution >= 0.6 is 0 Å². The predicted molar refractivity (Wildman–Crippen MR) is 76.6 cm³/mol. The molecule has 0 atom stereocenters. The average molecular weight is 313 g/mol. The molecule has 0 saturated carbocycles. The summed E-state index contributed by atoms with van der Waals surface area (Å²) in [6, 6.07) is 6.02. The number of amides is 1. The van der Waals surface area contributed by atoms with Crippen LogP contribution in [0.3, 0.4) is 0 Å². The number of primary sulfonamides is 1. The molecule has 1 saturated heterocycles. The Morgan fingerprint density at radius 1 is 1.24 bits per heavy atom. The molecule has 1 aromatic carbocycles. The van der Waals surface area contributed by atoms with Crippen molar-refractivity contribution in [3.05, 3.63) is 29.8 Å². The molecule has 21 heavy (non-hydrogen) atoms. The molecule has 0 radical (unpaired) electrons. The van der Waals surface area contributed by atoms with E-state index in [2.05, 4.69) is 5.32 Å². The van der Waals surface area contributed by atoms with Gasteiger partial charge in [-0.2, -0.15) is 0 Å². The molecule has 1 aromatic rings. The van der Waals surface area contributed by atoms with Crippen LogP contribution in [0.25, 0.3) is 0 Å². The molecule has 8 heteroatoms. The van der Waals surface area contributed by atoms with Gasteiger partial charge in [-0.15, -0.1) is 0 Å². The van der Waals surface area contributed by atoms with Gasteiger partial charge in [0.1, 0.15) is 0 Å². The van der Waals surface area contributed by atoms with E-state index in [4.69, 9.17) is 15.6 Å². The summed E-state index contributed by atoms with van der Waals surface area (Å²) in [5.41, 5.74) is 5.94. The lowest BCUT2D eigenvalue weighted by molar-refractivity contribution is -0.129. The Bertz CT molecular complexity index is 607. The van der Waals surface area contributed by atoms with Crippen molar-refractivity contribution in [2.24, 2.45) is 10.9 Å². The van der Waals surface area contributed by atoms with Gasteiger partial charge in [-0.3, -0.25) is 4.79 Å². The summed E-state index contributed by atoms with van der Waals surface area (Å²) in [7, 11) is -3.70. The number of hydrogen-bond acceptors (Lipinski definition) is 5. The van der Waals surface area contributed by atoms with Crippen molar-refractivity contribution < 1.29 is 17.9 Å². The number of rotatable bonds is 4. The first-order valence-corrected chi connectivity index (χ1v) is 8.13. The molecule has 2 rings (SSSR count). The van der Waals surface area contributed by atoms with Gasteiger partial charge < -0.3 is 15.8 Å². The van der Waals surface area contributed by atoms with Crippen LogP contribution < -0.4 is 16.2 Å². The zero-order valence-corrected chi connectivity index (χ0v) is 12.4. The van der Waals surface area contributed by atoms with Crippen LogP contribution in [-0.4, -0.2) is 33.1 Å². The van der Waals surface area contributed by atoms with Crippen LogP contribution in [0.4, 0.5) is 0 Å². The van der Waals surface area contributed by atoms with Crippen LogP contribution in [-0.2, 0) is 26.1 Å². The third kappa shape index (κ3) is 4.01. The van der Waals surface area contributed by atoms with Crippen molar-refractivity contribution in [1.29, 1.82) is 0 Å². The number of sulfonamides is 1. The van der Waals surface area contributed by atoms with Gasteiger partial charge in [-0.1, -0.05) is 12.1 Å². The number of ether oxygens (including phenoxy) is 1. The normalized spacial score (nSPS) is 18.2. The summed E-state index contributed by atoms with van der Waals surface area (Å²) in [6.07, 6.45) is 0.979. The van der Waals surface area contributed by atoms with E-state index in [0.29, 0.717) is 26.1 Å². The van der Waals surface area contributed by atoms with E-state index in [0.717, 1.165) is 5.56 Å². The van der Waals surface area contributed by atoms with Gasteiger partial charge in [0, 0.05) is 19.8 Å². The fourth-order valence-corrected chi connectivity index (χ4v) is 2.63. The second-order valence-electron chi connectivity index (χ2n) is 5.14. The second kappa shape index (κ2) is 6.10. The van der Waals surface area contributed by atoms with Gasteiger partial charge in [0.15, 0.2) is 0 Å². The third-order valence-corrected chi connectivity index (χ3v) is 4.47. The third-order valence-electron chi connectivity index (χ3n) is 3.54. The van der Waals surface area contributed by atoms with Crippen molar-refractivity contribution in [3.63, 3.8) is 0 Å². The Morgan fingerprint density at radius 3 is 2.33 bits per heavy atom. The Balaban J connectivity index is 1.95. The monoisotopic (exact) mass is 313 g/mol. The zero-order valence-electron chi connectivity index (χ0n) is 11.5. The summed E-state index contributed by atoms with van der Waals surface area (Å²) in [6.45, 7) is 1.24. The van der Waals surface area contributed by atoms with Crippen LogP contribution in [0.5, 0.6) is 0 Å². The molecule has 1 heterocycles. The van der Waals surface area contributed by atoms with Gasteiger partial charge in [0.25, 0.3) is 0 Å². The SMILES string of the molecule is NC1(C(=O)NCc2ccc(S(N)(=O)=O)cc2)CCOCC1.